The van der Waals surface area contributed by atoms with Gasteiger partial charge in [-0.3, -0.25) is 28.4 Å². The largest absolute Gasteiger partial charge is 0.416 e. The maximum Gasteiger partial charge on any atom is 0.416 e. The molecule has 0 bridgehead atoms. The molecule has 1 amide bonds. The van der Waals surface area contributed by atoms with E-state index in [0.717, 1.165) is 28.5 Å². The van der Waals surface area contributed by atoms with E-state index in [1.54, 1.807) is 32.2 Å². The molecule has 0 fully saturated rings. The molecule has 3 heterocycles. The smallest absolute Gasteiger partial charge is 0.333 e. The zero-order chi connectivity index (χ0) is 37.0. The highest BCUT2D eigenvalue weighted by Crippen LogP contribution is 2.30. The Morgan fingerprint density at radius 2 is 1.62 bits per heavy atom. The maximum absolute atomic E-state index is 13.6. The van der Waals surface area contributed by atoms with E-state index < -0.39 is 43.2 Å². The average Bonchev–Trinajstić information content (AvgIpc) is 3.48. The predicted molar refractivity (Wildman–Crippen MR) is 178 cm³/mol. The van der Waals surface area contributed by atoms with Gasteiger partial charge in [0.2, 0.25) is 0 Å². The quantitative estimate of drug-likeness (QED) is 0.218. The van der Waals surface area contributed by atoms with Crippen LogP contribution in [-0.2, 0) is 39.7 Å². The van der Waals surface area contributed by atoms with E-state index in [1.807, 2.05) is 6.92 Å². The first-order valence-corrected chi connectivity index (χ1v) is 18.0. The fourth-order valence-corrected chi connectivity index (χ4v) is 5.72. The molecular weight excluding hydrogens is 700 g/mol. The SMILES string of the molecule is CCN(Cc1ccc(S(C)(=O)=O)cn1)C(=O)c1cc(-c2ccnn2C)cn(-c2cccc(C(F)(F)F)c2)c1=O.Cc1ccc(S(=O)(=O)O)cc1. The molecule has 0 radical (unpaired) electrons. The second-order valence-electron chi connectivity index (χ2n) is 11.1. The number of alkyl halides is 3. The predicted octanol–water partition coefficient (Wildman–Crippen LogP) is 4.96. The lowest BCUT2D eigenvalue weighted by Gasteiger charge is -2.21. The van der Waals surface area contributed by atoms with Crippen LogP contribution in [-0.4, -0.2) is 64.3 Å². The molecule has 0 spiro atoms. The van der Waals surface area contributed by atoms with E-state index in [1.165, 1.54) is 70.6 Å². The number of hydrogen-bond donors (Lipinski definition) is 1. The summed E-state index contributed by atoms with van der Waals surface area (Å²) in [7, 11) is -5.82. The zero-order valence-corrected chi connectivity index (χ0v) is 28.8. The van der Waals surface area contributed by atoms with E-state index in [2.05, 4.69) is 10.1 Å². The van der Waals surface area contributed by atoms with Gasteiger partial charge in [-0.15, -0.1) is 0 Å². The summed E-state index contributed by atoms with van der Waals surface area (Å²) >= 11 is 0. The van der Waals surface area contributed by atoms with Gasteiger partial charge < -0.3 is 4.90 Å². The minimum absolute atomic E-state index is 0.0217. The molecule has 1 N–H and O–H groups in total. The third kappa shape index (κ3) is 9.10. The summed E-state index contributed by atoms with van der Waals surface area (Å²) in [6.45, 7) is 3.68. The van der Waals surface area contributed by atoms with Gasteiger partial charge in [0.15, 0.2) is 9.84 Å². The molecule has 0 saturated carbocycles. The second-order valence-corrected chi connectivity index (χ2v) is 14.5. The number of halogens is 3. The van der Waals surface area contributed by atoms with E-state index >= 15 is 0 Å². The van der Waals surface area contributed by atoms with E-state index in [9.17, 15) is 39.6 Å². The molecule has 50 heavy (non-hydrogen) atoms. The van der Waals surface area contributed by atoms with Crippen molar-refractivity contribution in [2.45, 2.75) is 36.4 Å². The van der Waals surface area contributed by atoms with Crippen molar-refractivity contribution in [3.05, 3.63) is 124 Å². The summed E-state index contributed by atoms with van der Waals surface area (Å²) in [6, 6.07) is 16.1. The molecule has 17 heteroatoms. The molecule has 12 nitrogen and oxygen atoms in total. The van der Waals surface area contributed by atoms with Crippen molar-refractivity contribution in [2.75, 3.05) is 12.8 Å². The Balaban J connectivity index is 0.000000435. The number of amides is 1. The summed E-state index contributed by atoms with van der Waals surface area (Å²) in [6.07, 6.45) is 0.494. The molecule has 5 rings (SSSR count). The van der Waals surface area contributed by atoms with E-state index in [0.29, 0.717) is 17.0 Å². The first-order valence-electron chi connectivity index (χ1n) is 14.7. The lowest BCUT2D eigenvalue weighted by Crippen LogP contribution is -2.36. The highest BCUT2D eigenvalue weighted by atomic mass is 32.2. The lowest BCUT2D eigenvalue weighted by molar-refractivity contribution is -0.137. The molecule has 0 aliphatic carbocycles. The van der Waals surface area contributed by atoms with Gasteiger partial charge in [0.1, 0.15) is 5.56 Å². The van der Waals surface area contributed by atoms with Crippen LogP contribution in [0.4, 0.5) is 13.2 Å². The molecule has 0 atom stereocenters. The minimum atomic E-state index is -4.63. The molecule has 0 aliphatic heterocycles. The highest BCUT2D eigenvalue weighted by Gasteiger charge is 2.31. The molecule has 5 aromatic rings. The van der Waals surface area contributed by atoms with Gasteiger partial charge in [-0.2, -0.15) is 26.7 Å². The number of rotatable bonds is 8. The molecule has 0 unspecified atom stereocenters. The Labute approximate surface area is 286 Å². The van der Waals surface area contributed by atoms with Gasteiger partial charge in [-0.25, -0.2) is 8.42 Å². The van der Waals surface area contributed by atoms with Crippen molar-refractivity contribution < 1.29 is 39.4 Å². The average molecular weight is 732 g/mol. The van der Waals surface area contributed by atoms with Gasteiger partial charge >= 0.3 is 6.18 Å². The van der Waals surface area contributed by atoms with Gasteiger partial charge in [-0.05, 0) is 68.4 Å². The lowest BCUT2D eigenvalue weighted by atomic mass is 10.1. The third-order valence-corrected chi connectivity index (χ3v) is 9.35. The zero-order valence-electron chi connectivity index (χ0n) is 27.2. The van der Waals surface area contributed by atoms with Crippen molar-refractivity contribution >= 4 is 25.9 Å². The minimum Gasteiger partial charge on any atom is -0.333 e. The second kappa shape index (κ2) is 14.8. The van der Waals surface area contributed by atoms with Crippen LogP contribution in [0.15, 0.2) is 106 Å². The topological polar surface area (TPSA) is 162 Å². The van der Waals surface area contributed by atoms with Crippen molar-refractivity contribution in [3.63, 3.8) is 0 Å². The van der Waals surface area contributed by atoms with Crippen molar-refractivity contribution in [1.29, 1.82) is 0 Å². The Hall–Kier alpha value is -5.13. The number of carbonyl (C=O) groups excluding carboxylic acids is 1. The highest BCUT2D eigenvalue weighted by molar-refractivity contribution is 7.90. The van der Waals surface area contributed by atoms with Crippen LogP contribution in [0.2, 0.25) is 0 Å². The van der Waals surface area contributed by atoms with E-state index in [-0.39, 0.29) is 34.1 Å². The summed E-state index contributed by atoms with van der Waals surface area (Å²) < 4.78 is 95.7. The fourth-order valence-electron chi connectivity index (χ4n) is 4.68. The molecule has 0 aliphatic rings. The molecule has 264 valence electrons. The van der Waals surface area contributed by atoms with Gasteiger partial charge in [0.05, 0.1) is 33.3 Å². The standard InChI is InChI=1S/C26H24F3N5O4S.C7H8O3S/c1-4-33(16-19-8-9-21(14-30-19)39(3,37)38)24(35)22-12-17(23-10-11-31-32(23)2)15-34(25(22)36)20-7-5-6-18(13-20)26(27,28)29;1-6-2-4-7(5-3-6)11(8,9)10/h5-15H,4,16H2,1-3H3;2-5H,1H3,(H,8,9,10). The summed E-state index contributed by atoms with van der Waals surface area (Å²) in [5, 5.41) is 4.10. The van der Waals surface area contributed by atoms with Crippen molar-refractivity contribution in [1.82, 2.24) is 24.2 Å². The van der Waals surface area contributed by atoms with Gasteiger partial charge in [-0.1, -0.05) is 23.8 Å². The number of pyridine rings is 2. The normalized spacial score (nSPS) is 11.8. The first-order chi connectivity index (χ1) is 23.3. The third-order valence-electron chi connectivity index (χ3n) is 7.38. The maximum atomic E-state index is 13.6. The number of aromatic nitrogens is 4. The molecule has 0 saturated heterocycles. The number of hydrogen-bond acceptors (Lipinski definition) is 8. The molecular formula is C33H32F3N5O7S2. The number of sulfone groups is 1. The number of benzene rings is 2. The van der Waals surface area contributed by atoms with Crippen LogP contribution in [0.25, 0.3) is 16.9 Å². The number of carbonyl (C=O) groups is 1. The summed E-state index contributed by atoms with van der Waals surface area (Å²) in [5.74, 6) is -0.666. The number of nitrogens with zero attached hydrogens (tertiary/aromatic N) is 5. The Morgan fingerprint density at radius 3 is 2.14 bits per heavy atom. The monoisotopic (exact) mass is 731 g/mol. The van der Waals surface area contributed by atoms with Crippen LogP contribution in [0.5, 0.6) is 0 Å². The van der Waals surface area contributed by atoms with Crippen LogP contribution in [0.1, 0.15) is 34.1 Å². The first kappa shape index (κ1) is 37.7. The Bertz CT molecular complexity index is 2290. The summed E-state index contributed by atoms with van der Waals surface area (Å²) in [4.78, 5) is 32.6. The fraction of sp³-hybridized carbons (Fsp3) is 0.212. The Morgan fingerprint density at radius 1 is 0.960 bits per heavy atom. The van der Waals surface area contributed by atoms with Crippen LogP contribution in [0, 0.1) is 6.92 Å². The molecule has 2 aromatic carbocycles. The Kier molecular flexibility index (Phi) is 11.1. The van der Waals surface area contributed by atoms with Gasteiger partial charge in [0.25, 0.3) is 21.6 Å². The van der Waals surface area contributed by atoms with Gasteiger partial charge in [0, 0.05) is 49.7 Å². The van der Waals surface area contributed by atoms with Crippen molar-refractivity contribution in [2.24, 2.45) is 7.05 Å². The van der Waals surface area contributed by atoms with E-state index in [4.69, 9.17) is 4.55 Å². The van der Waals surface area contributed by atoms with Crippen LogP contribution in [0.3, 0.4) is 0 Å². The summed E-state index contributed by atoms with van der Waals surface area (Å²) in [5.41, 5.74) is 0.201. The van der Waals surface area contributed by atoms with Crippen LogP contribution < -0.4 is 5.56 Å². The molecule has 3 aromatic heterocycles. The number of aryl methyl sites for hydroxylation is 2. The van der Waals surface area contributed by atoms with Crippen LogP contribution >= 0.6 is 0 Å². The van der Waals surface area contributed by atoms with Crippen molar-refractivity contribution in [3.8, 4) is 16.9 Å².